The van der Waals surface area contributed by atoms with Crippen molar-refractivity contribution in [2.24, 2.45) is 0 Å². The highest BCUT2D eigenvalue weighted by Crippen LogP contribution is 2.21. The van der Waals surface area contributed by atoms with Crippen molar-refractivity contribution >= 4 is 39.7 Å². The molecule has 0 amide bonds. The third-order valence-corrected chi connectivity index (χ3v) is 4.83. The fourth-order valence-corrected chi connectivity index (χ4v) is 3.48. The van der Waals surface area contributed by atoms with Crippen LogP contribution in [0.5, 0.6) is 0 Å². The van der Waals surface area contributed by atoms with E-state index in [1.54, 1.807) is 17.8 Å². The van der Waals surface area contributed by atoms with Gasteiger partial charge in [0.1, 0.15) is 0 Å². The van der Waals surface area contributed by atoms with Crippen molar-refractivity contribution in [3.8, 4) is 0 Å². The summed E-state index contributed by atoms with van der Waals surface area (Å²) < 4.78 is 12.1. The molecule has 2 aromatic rings. The number of nitrogens with zero attached hydrogens (tertiary/aromatic N) is 1. The molecule has 1 atom stereocenters. The zero-order valence-corrected chi connectivity index (χ0v) is 11.4. The summed E-state index contributed by atoms with van der Waals surface area (Å²) in [6.45, 7) is 0. The first-order chi connectivity index (χ1) is 8.58. The van der Waals surface area contributed by atoms with Crippen LogP contribution in [0.4, 0.5) is 0 Å². The smallest absolute Gasteiger partial charge is 0.337 e. The topological polar surface area (TPSA) is 67.3 Å². The number of hydrogen-bond acceptors (Lipinski definition) is 4. The molecule has 7 heteroatoms. The minimum atomic E-state index is -1.30. The fourth-order valence-electron chi connectivity index (χ4n) is 1.34. The summed E-state index contributed by atoms with van der Waals surface area (Å²) in [7, 11) is -1.30. The molecule has 94 valence electrons. The number of rotatable bonds is 4. The van der Waals surface area contributed by atoms with E-state index < -0.39 is 16.8 Å². The van der Waals surface area contributed by atoms with Crippen molar-refractivity contribution in [1.29, 1.82) is 0 Å². The Labute approximate surface area is 115 Å². The van der Waals surface area contributed by atoms with Crippen LogP contribution in [0.2, 0.25) is 5.02 Å². The molecule has 1 aromatic heterocycles. The van der Waals surface area contributed by atoms with E-state index in [9.17, 15) is 9.00 Å². The molecular weight excluding hydrogens is 294 g/mol. The van der Waals surface area contributed by atoms with Gasteiger partial charge in [-0.2, -0.15) is 0 Å². The molecule has 0 spiro atoms. The normalized spacial score (nSPS) is 12.3. The van der Waals surface area contributed by atoms with Crippen LogP contribution in [0.15, 0.2) is 34.8 Å². The first-order valence-corrected chi connectivity index (χ1v) is 7.44. The van der Waals surface area contributed by atoms with Crippen molar-refractivity contribution in [3.63, 3.8) is 0 Å². The van der Waals surface area contributed by atoms with Crippen molar-refractivity contribution in [2.45, 2.75) is 10.6 Å². The van der Waals surface area contributed by atoms with Gasteiger partial charge in [0.05, 0.1) is 32.6 Å². The molecule has 0 aliphatic carbocycles. The molecule has 0 aliphatic rings. The van der Waals surface area contributed by atoms with E-state index in [1.807, 2.05) is 0 Å². The largest absolute Gasteiger partial charge is 0.478 e. The van der Waals surface area contributed by atoms with E-state index >= 15 is 0 Å². The van der Waals surface area contributed by atoms with Crippen LogP contribution in [-0.2, 0) is 16.6 Å². The Balaban J connectivity index is 2.26. The van der Waals surface area contributed by atoms with Crippen molar-refractivity contribution in [1.82, 2.24) is 4.98 Å². The van der Waals surface area contributed by atoms with E-state index in [4.69, 9.17) is 16.7 Å². The van der Waals surface area contributed by atoms with E-state index in [0.29, 0.717) is 10.6 Å². The number of carboxylic acid groups (broad SMARTS) is 1. The third-order valence-electron chi connectivity index (χ3n) is 2.19. The summed E-state index contributed by atoms with van der Waals surface area (Å²) in [5.74, 6) is -0.803. The predicted molar refractivity (Wildman–Crippen MR) is 70.6 cm³/mol. The summed E-state index contributed by atoms with van der Waals surface area (Å²) in [6, 6.07) is 4.37. The summed E-state index contributed by atoms with van der Waals surface area (Å²) >= 11 is 7.16. The standard InChI is InChI=1S/C11H8ClNO3S2/c12-10-2-1-8(3-9(10)11(14)15)18(16)5-7-4-13-6-17-7/h1-4,6H,5H2,(H,14,15). The van der Waals surface area contributed by atoms with Gasteiger partial charge in [-0.1, -0.05) is 11.6 Å². The Bertz CT molecular complexity index is 598. The van der Waals surface area contributed by atoms with Gasteiger partial charge in [0.25, 0.3) is 0 Å². The average Bonchev–Trinajstić information content (AvgIpc) is 2.81. The predicted octanol–water partition coefficient (Wildman–Crippen LogP) is 2.80. The van der Waals surface area contributed by atoms with Gasteiger partial charge < -0.3 is 5.11 Å². The lowest BCUT2D eigenvalue weighted by molar-refractivity contribution is 0.0697. The van der Waals surface area contributed by atoms with Gasteiger partial charge in [0.2, 0.25) is 0 Å². The van der Waals surface area contributed by atoms with Crippen molar-refractivity contribution in [2.75, 3.05) is 0 Å². The number of halogens is 1. The number of carbonyl (C=O) groups is 1. The maximum absolute atomic E-state index is 12.1. The minimum Gasteiger partial charge on any atom is -0.478 e. The zero-order chi connectivity index (χ0) is 13.1. The number of aromatic nitrogens is 1. The zero-order valence-electron chi connectivity index (χ0n) is 9.00. The summed E-state index contributed by atoms with van der Waals surface area (Å²) in [5.41, 5.74) is 1.63. The van der Waals surface area contributed by atoms with Crippen molar-refractivity contribution in [3.05, 3.63) is 45.4 Å². The lowest BCUT2D eigenvalue weighted by Crippen LogP contribution is -2.01. The maximum Gasteiger partial charge on any atom is 0.337 e. The molecule has 2 rings (SSSR count). The van der Waals surface area contributed by atoms with Gasteiger partial charge in [0.15, 0.2) is 0 Å². The summed E-state index contributed by atoms with van der Waals surface area (Å²) in [6.07, 6.45) is 1.65. The minimum absolute atomic E-state index is 0.0354. The number of hydrogen-bond donors (Lipinski definition) is 1. The molecule has 0 radical (unpaired) electrons. The first-order valence-electron chi connectivity index (χ1n) is 4.86. The van der Waals surface area contributed by atoms with Gasteiger partial charge in [-0.25, -0.2) is 4.79 Å². The van der Waals surface area contributed by atoms with Gasteiger partial charge >= 0.3 is 5.97 Å². The van der Waals surface area contributed by atoms with Gasteiger partial charge in [-0.3, -0.25) is 9.19 Å². The third kappa shape index (κ3) is 2.95. The average molecular weight is 302 g/mol. The molecule has 0 saturated heterocycles. The van der Waals surface area contributed by atoms with Crippen LogP contribution in [-0.4, -0.2) is 20.3 Å². The van der Waals surface area contributed by atoms with E-state index in [1.165, 1.54) is 23.5 Å². The quantitative estimate of drug-likeness (QED) is 0.943. The second-order valence-electron chi connectivity index (χ2n) is 3.40. The summed E-state index contributed by atoms with van der Waals surface area (Å²) in [4.78, 5) is 16.2. The van der Waals surface area contributed by atoms with E-state index in [-0.39, 0.29) is 10.6 Å². The molecule has 0 bridgehead atoms. The molecule has 1 unspecified atom stereocenters. The Kier molecular flexibility index (Phi) is 4.11. The fraction of sp³-hybridized carbons (Fsp3) is 0.0909. The lowest BCUT2D eigenvalue weighted by atomic mass is 10.2. The number of benzene rings is 1. The highest BCUT2D eigenvalue weighted by atomic mass is 35.5. The van der Waals surface area contributed by atoms with Gasteiger partial charge in [0, 0.05) is 16.0 Å². The SMILES string of the molecule is O=C(O)c1cc(S(=O)Cc2cncs2)ccc1Cl. The van der Waals surface area contributed by atoms with Crippen LogP contribution < -0.4 is 0 Å². The molecule has 1 heterocycles. The first kappa shape index (κ1) is 13.2. The second-order valence-corrected chi connectivity index (χ2v) is 6.23. The number of aromatic carboxylic acids is 1. The molecule has 1 aromatic carbocycles. The summed E-state index contributed by atoms with van der Waals surface area (Å²) in [5, 5.41) is 9.08. The molecular formula is C11H8ClNO3S2. The van der Waals surface area contributed by atoms with Gasteiger partial charge in [-0.05, 0) is 18.2 Å². The number of thiazole rings is 1. The van der Waals surface area contributed by atoms with Crippen LogP contribution in [0, 0.1) is 0 Å². The Morgan fingerprint density at radius 2 is 2.28 bits per heavy atom. The van der Waals surface area contributed by atoms with Crippen molar-refractivity contribution < 1.29 is 14.1 Å². The lowest BCUT2D eigenvalue weighted by Gasteiger charge is -2.03. The monoisotopic (exact) mass is 301 g/mol. The maximum atomic E-state index is 12.1. The molecule has 18 heavy (non-hydrogen) atoms. The van der Waals surface area contributed by atoms with E-state index in [2.05, 4.69) is 4.98 Å². The molecule has 1 N–H and O–H groups in total. The molecule has 4 nitrogen and oxygen atoms in total. The van der Waals surface area contributed by atoms with Gasteiger partial charge in [-0.15, -0.1) is 11.3 Å². The highest BCUT2D eigenvalue weighted by Gasteiger charge is 2.13. The molecule has 0 aliphatic heterocycles. The van der Waals surface area contributed by atoms with Crippen LogP contribution in [0.1, 0.15) is 15.2 Å². The Morgan fingerprint density at radius 1 is 1.50 bits per heavy atom. The second kappa shape index (κ2) is 5.60. The highest BCUT2D eigenvalue weighted by molar-refractivity contribution is 7.84. The molecule has 0 saturated carbocycles. The Hall–Kier alpha value is -1.24. The van der Waals surface area contributed by atoms with Crippen LogP contribution in [0.25, 0.3) is 0 Å². The molecule has 0 fully saturated rings. The Morgan fingerprint density at radius 3 is 2.89 bits per heavy atom. The van der Waals surface area contributed by atoms with Crippen LogP contribution in [0.3, 0.4) is 0 Å². The van der Waals surface area contributed by atoms with E-state index in [0.717, 1.165) is 4.88 Å². The number of carboxylic acids is 1. The van der Waals surface area contributed by atoms with Crippen LogP contribution >= 0.6 is 22.9 Å².